The molecule has 0 aliphatic rings. The van der Waals surface area contributed by atoms with Crippen molar-refractivity contribution in [3.05, 3.63) is 77.4 Å². The predicted molar refractivity (Wildman–Crippen MR) is 108 cm³/mol. The Kier molecular flexibility index (Phi) is 5.19. The van der Waals surface area contributed by atoms with Gasteiger partial charge in [-0.2, -0.15) is 4.98 Å². The Labute approximate surface area is 163 Å². The predicted octanol–water partition coefficient (Wildman–Crippen LogP) is 3.75. The van der Waals surface area contributed by atoms with E-state index in [9.17, 15) is 0 Å². The van der Waals surface area contributed by atoms with Crippen LogP contribution in [0.15, 0.2) is 55.0 Å². The van der Waals surface area contributed by atoms with Crippen LogP contribution in [0.4, 0.5) is 0 Å². The van der Waals surface area contributed by atoms with E-state index < -0.39 is 0 Å². The molecule has 1 N–H and O–H groups in total. The van der Waals surface area contributed by atoms with E-state index in [-0.39, 0.29) is 0 Å². The van der Waals surface area contributed by atoms with Crippen LogP contribution < -0.4 is 9.47 Å². The van der Waals surface area contributed by atoms with Gasteiger partial charge in [0.25, 0.3) is 0 Å². The van der Waals surface area contributed by atoms with Crippen molar-refractivity contribution in [1.29, 1.82) is 0 Å². The van der Waals surface area contributed by atoms with Gasteiger partial charge in [-0.15, -0.1) is 0 Å². The van der Waals surface area contributed by atoms with E-state index >= 15 is 0 Å². The van der Waals surface area contributed by atoms with Gasteiger partial charge in [0.2, 0.25) is 11.8 Å². The van der Waals surface area contributed by atoms with Gasteiger partial charge in [-0.1, -0.05) is 6.07 Å². The third-order valence-electron chi connectivity index (χ3n) is 4.78. The van der Waals surface area contributed by atoms with Crippen LogP contribution >= 0.6 is 0 Å². The normalized spacial score (nSPS) is 10.9. The van der Waals surface area contributed by atoms with E-state index in [1.807, 2.05) is 30.6 Å². The number of hydrogen-bond donors (Lipinski definition) is 1. The maximum absolute atomic E-state index is 5.37. The molecule has 4 aromatic heterocycles. The van der Waals surface area contributed by atoms with Crippen LogP contribution in [-0.2, 0) is 19.3 Å². The minimum atomic E-state index is 0.551. The maximum Gasteiger partial charge on any atom is 0.219 e. The molecule has 0 bridgehead atoms. The molecular formula is C22H22N4O2. The summed E-state index contributed by atoms with van der Waals surface area (Å²) in [6.45, 7) is 0. The van der Waals surface area contributed by atoms with E-state index in [1.165, 1.54) is 11.1 Å². The first-order valence-electron chi connectivity index (χ1n) is 9.19. The molecular weight excluding hydrogens is 352 g/mol. The van der Waals surface area contributed by atoms with Crippen LogP contribution in [0.1, 0.15) is 22.4 Å². The zero-order valence-corrected chi connectivity index (χ0v) is 16.0. The molecule has 0 saturated carbocycles. The Morgan fingerprint density at radius 2 is 1.86 bits per heavy atom. The van der Waals surface area contributed by atoms with Gasteiger partial charge in [0.05, 0.1) is 14.2 Å². The lowest BCUT2D eigenvalue weighted by Gasteiger charge is -2.09. The molecule has 4 heterocycles. The van der Waals surface area contributed by atoms with E-state index in [2.05, 4.69) is 38.1 Å². The van der Waals surface area contributed by atoms with E-state index in [4.69, 9.17) is 9.47 Å². The largest absolute Gasteiger partial charge is 0.481 e. The quantitative estimate of drug-likeness (QED) is 0.533. The van der Waals surface area contributed by atoms with Crippen molar-refractivity contribution in [1.82, 2.24) is 19.9 Å². The lowest BCUT2D eigenvalue weighted by molar-refractivity contribution is 0.361. The van der Waals surface area contributed by atoms with Crippen LogP contribution in [0.3, 0.4) is 0 Å². The molecule has 142 valence electrons. The molecule has 0 aromatic carbocycles. The van der Waals surface area contributed by atoms with Gasteiger partial charge in [-0.05, 0) is 48.2 Å². The number of rotatable bonds is 7. The van der Waals surface area contributed by atoms with Gasteiger partial charge in [0, 0.05) is 47.7 Å². The number of aromatic amines is 1. The van der Waals surface area contributed by atoms with Crippen molar-refractivity contribution in [2.24, 2.45) is 0 Å². The number of H-pyrrole nitrogens is 1. The highest BCUT2D eigenvalue weighted by atomic mass is 16.5. The van der Waals surface area contributed by atoms with Crippen LogP contribution in [0.2, 0.25) is 0 Å². The van der Waals surface area contributed by atoms with Crippen molar-refractivity contribution >= 4 is 11.0 Å². The second-order valence-corrected chi connectivity index (χ2v) is 6.57. The standard InChI is InChI=1S/C22H22N4O2/c1-27-20-10-7-16(22(26-20)28-2)6-9-18-8-5-15(13-24-18)12-17-14-25-21-19(17)4-3-11-23-21/h3-5,7-8,10-11,13-14H,6,9,12H2,1-2H3,(H,23,25). The molecule has 6 nitrogen and oxygen atoms in total. The molecule has 0 fully saturated rings. The molecule has 0 spiro atoms. The van der Waals surface area contributed by atoms with Gasteiger partial charge in [-0.3, -0.25) is 4.98 Å². The minimum Gasteiger partial charge on any atom is -0.481 e. The highest BCUT2D eigenvalue weighted by Gasteiger charge is 2.09. The molecule has 4 rings (SSSR count). The summed E-state index contributed by atoms with van der Waals surface area (Å²) in [6, 6.07) is 12.1. The lowest BCUT2D eigenvalue weighted by atomic mass is 10.1. The first kappa shape index (κ1) is 18.0. The average Bonchev–Trinajstić information content (AvgIpc) is 3.16. The molecule has 28 heavy (non-hydrogen) atoms. The summed E-state index contributed by atoms with van der Waals surface area (Å²) in [5, 5.41) is 1.16. The third kappa shape index (κ3) is 3.81. The van der Waals surface area contributed by atoms with Crippen molar-refractivity contribution in [3.8, 4) is 11.8 Å². The number of nitrogens with zero attached hydrogens (tertiary/aromatic N) is 3. The molecule has 0 unspecified atom stereocenters. The van der Waals surface area contributed by atoms with Crippen LogP contribution in [-0.4, -0.2) is 34.2 Å². The summed E-state index contributed by atoms with van der Waals surface area (Å²) < 4.78 is 10.5. The fourth-order valence-electron chi connectivity index (χ4n) is 3.28. The van der Waals surface area contributed by atoms with Gasteiger partial charge < -0.3 is 14.5 Å². The van der Waals surface area contributed by atoms with E-state index in [0.717, 1.165) is 41.6 Å². The summed E-state index contributed by atoms with van der Waals surface area (Å²) in [5.41, 5.74) is 5.41. The summed E-state index contributed by atoms with van der Waals surface area (Å²) in [7, 11) is 3.22. The number of methoxy groups -OCH3 is 2. The fourth-order valence-corrected chi connectivity index (χ4v) is 3.28. The molecule has 0 saturated heterocycles. The Hall–Kier alpha value is -3.41. The fraction of sp³-hybridized carbons (Fsp3) is 0.227. The first-order valence-corrected chi connectivity index (χ1v) is 9.19. The topological polar surface area (TPSA) is 72.9 Å². The molecule has 4 aromatic rings. The van der Waals surface area contributed by atoms with Crippen molar-refractivity contribution in [3.63, 3.8) is 0 Å². The van der Waals surface area contributed by atoms with Gasteiger partial charge in [0.1, 0.15) is 5.65 Å². The molecule has 0 amide bonds. The summed E-state index contributed by atoms with van der Waals surface area (Å²) in [5.74, 6) is 1.15. The maximum atomic E-state index is 5.37. The monoisotopic (exact) mass is 374 g/mol. The van der Waals surface area contributed by atoms with Crippen LogP contribution in [0, 0.1) is 0 Å². The second kappa shape index (κ2) is 8.08. The van der Waals surface area contributed by atoms with Gasteiger partial charge >= 0.3 is 0 Å². The zero-order chi connectivity index (χ0) is 19.3. The Morgan fingerprint density at radius 1 is 0.929 bits per heavy atom. The molecule has 0 radical (unpaired) electrons. The van der Waals surface area contributed by atoms with Crippen LogP contribution in [0.25, 0.3) is 11.0 Å². The highest BCUT2D eigenvalue weighted by Crippen LogP contribution is 2.22. The zero-order valence-electron chi connectivity index (χ0n) is 16.0. The van der Waals surface area contributed by atoms with Crippen LogP contribution in [0.5, 0.6) is 11.8 Å². The molecule has 0 aliphatic heterocycles. The number of fused-ring (bicyclic) bond motifs is 1. The SMILES string of the molecule is COc1ccc(CCc2ccc(Cc3c[nH]c4ncccc34)cn2)c(OC)n1. The number of pyridine rings is 3. The Balaban J connectivity index is 1.42. The second-order valence-electron chi connectivity index (χ2n) is 6.57. The molecule has 0 atom stereocenters. The third-order valence-corrected chi connectivity index (χ3v) is 4.78. The van der Waals surface area contributed by atoms with Crippen molar-refractivity contribution in [2.45, 2.75) is 19.3 Å². The molecule has 6 heteroatoms. The highest BCUT2D eigenvalue weighted by molar-refractivity contribution is 5.79. The number of aryl methyl sites for hydroxylation is 2. The smallest absolute Gasteiger partial charge is 0.219 e. The Bertz CT molecular complexity index is 1070. The minimum absolute atomic E-state index is 0.551. The Morgan fingerprint density at radius 3 is 2.64 bits per heavy atom. The number of hydrogen-bond acceptors (Lipinski definition) is 5. The summed E-state index contributed by atoms with van der Waals surface area (Å²) >= 11 is 0. The number of ether oxygens (including phenoxy) is 2. The summed E-state index contributed by atoms with van der Waals surface area (Å²) in [6.07, 6.45) is 8.23. The summed E-state index contributed by atoms with van der Waals surface area (Å²) in [4.78, 5) is 16.5. The van der Waals surface area contributed by atoms with E-state index in [0.29, 0.717) is 11.8 Å². The molecule has 0 aliphatic carbocycles. The van der Waals surface area contributed by atoms with Crippen molar-refractivity contribution in [2.75, 3.05) is 14.2 Å². The first-order chi connectivity index (χ1) is 13.8. The lowest BCUT2D eigenvalue weighted by Crippen LogP contribution is -2.01. The van der Waals surface area contributed by atoms with Gasteiger partial charge in [0.15, 0.2) is 0 Å². The number of aromatic nitrogens is 4. The van der Waals surface area contributed by atoms with Crippen molar-refractivity contribution < 1.29 is 9.47 Å². The van der Waals surface area contributed by atoms with Gasteiger partial charge in [-0.25, -0.2) is 4.98 Å². The number of nitrogens with one attached hydrogen (secondary N) is 1. The van der Waals surface area contributed by atoms with E-state index in [1.54, 1.807) is 20.4 Å². The average molecular weight is 374 g/mol.